The molecule has 0 bridgehead atoms. The lowest BCUT2D eigenvalue weighted by Gasteiger charge is -2.23. The van der Waals surface area contributed by atoms with Crippen LogP contribution in [0, 0.1) is 5.92 Å². The standard InChI is InChI=1S/C15H26N2O4/c1-6-8-17(10-14(20)21-7-2)9-13(19)16-15(11(3)4)12(5)18/h6,11,15H,1,7-10H2,2-5H3,(H,16,19). The molecule has 1 unspecified atom stereocenters. The predicted molar refractivity (Wildman–Crippen MR) is 80.7 cm³/mol. The summed E-state index contributed by atoms with van der Waals surface area (Å²) >= 11 is 0. The second-order valence-electron chi connectivity index (χ2n) is 5.16. The number of amides is 1. The molecular weight excluding hydrogens is 272 g/mol. The number of ketones is 1. The lowest BCUT2D eigenvalue weighted by Crippen LogP contribution is -2.48. The molecule has 0 aromatic heterocycles. The van der Waals surface area contributed by atoms with Crippen LogP contribution in [0.15, 0.2) is 12.7 Å². The van der Waals surface area contributed by atoms with Gasteiger partial charge in [-0.3, -0.25) is 19.3 Å². The molecular formula is C15H26N2O4. The topological polar surface area (TPSA) is 75.7 Å². The molecule has 0 aliphatic heterocycles. The fraction of sp³-hybridized carbons (Fsp3) is 0.667. The summed E-state index contributed by atoms with van der Waals surface area (Å²) in [4.78, 5) is 36.5. The highest BCUT2D eigenvalue weighted by atomic mass is 16.5. The van der Waals surface area contributed by atoms with Gasteiger partial charge < -0.3 is 10.1 Å². The second-order valence-corrected chi connectivity index (χ2v) is 5.16. The number of Topliss-reactive ketones (excluding diaryl/α,β-unsaturated/α-hetero) is 1. The maximum atomic E-state index is 12.0. The van der Waals surface area contributed by atoms with Gasteiger partial charge in [0.1, 0.15) is 0 Å². The summed E-state index contributed by atoms with van der Waals surface area (Å²) in [5.41, 5.74) is 0. The number of hydrogen-bond acceptors (Lipinski definition) is 5. The minimum absolute atomic E-state index is 0.0136. The molecule has 0 aliphatic rings. The molecule has 0 aliphatic carbocycles. The van der Waals surface area contributed by atoms with Crippen molar-refractivity contribution >= 4 is 17.7 Å². The van der Waals surface area contributed by atoms with E-state index >= 15 is 0 Å². The third kappa shape index (κ3) is 8.24. The summed E-state index contributed by atoms with van der Waals surface area (Å²) in [5, 5.41) is 2.69. The van der Waals surface area contributed by atoms with Gasteiger partial charge in [0, 0.05) is 6.54 Å². The first-order valence-electron chi connectivity index (χ1n) is 7.10. The molecule has 120 valence electrons. The maximum absolute atomic E-state index is 12.0. The Labute approximate surface area is 126 Å². The quantitative estimate of drug-likeness (QED) is 0.476. The Balaban J connectivity index is 4.55. The third-order valence-corrected chi connectivity index (χ3v) is 2.83. The average molecular weight is 298 g/mol. The minimum atomic E-state index is -0.509. The van der Waals surface area contributed by atoms with Crippen LogP contribution in [0.1, 0.15) is 27.7 Å². The van der Waals surface area contributed by atoms with Gasteiger partial charge >= 0.3 is 5.97 Å². The van der Waals surface area contributed by atoms with Gasteiger partial charge in [0.2, 0.25) is 5.91 Å². The molecule has 0 rings (SSSR count). The van der Waals surface area contributed by atoms with Crippen LogP contribution in [0.5, 0.6) is 0 Å². The SMILES string of the molecule is C=CCN(CC(=O)NC(C(C)=O)C(C)C)CC(=O)OCC. The van der Waals surface area contributed by atoms with Gasteiger partial charge in [0.05, 0.1) is 25.7 Å². The molecule has 0 saturated carbocycles. The van der Waals surface area contributed by atoms with Crippen molar-refractivity contribution in [2.45, 2.75) is 33.7 Å². The van der Waals surface area contributed by atoms with E-state index in [1.165, 1.54) is 6.92 Å². The molecule has 1 amide bonds. The van der Waals surface area contributed by atoms with Crippen molar-refractivity contribution in [1.82, 2.24) is 10.2 Å². The Morgan fingerprint density at radius 3 is 2.33 bits per heavy atom. The van der Waals surface area contributed by atoms with Crippen molar-refractivity contribution in [1.29, 1.82) is 0 Å². The molecule has 21 heavy (non-hydrogen) atoms. The van der Waals surface area contributed by atoms with E-state index < -0.39 is 6.04 Å². The zero-order chi connectivity index (χ0) is 16.4. The van der Waals surface area contributed by atoms with Crippen LogP contribution < -0.4 is 5.32 Å². The summed E-state index contributed by atoms with van der Waals surface area (Å²) in [6.45, 7) is 11.2. The van der Waals surface area contributed by atoms with Crippen molar-refractivity contribution in [3.05, 3.63) is 12.7 Å². The van der Waals surface area contributed by atoms with Gasteiger partial charge in [-0.05, 0) is 19.8 Å². The Morgan fingerprint density at radius 1 is 1.29 bits per heavy atom. The largest absolute Gasteiger partial charge is 0.465 e. The molecule has 1 atom stereocenters. The van der Waals surface area contributed by atoms with Gasteiger partial charge in [-0.15, -0.1) is 6.58 Å². The van der Waals surface area contributed by atoms with E-state index in [0.717, 1.165) is 0 Å². The van der Waals surface area contributed by atoms with Gasteiger partial charge in [0.15, 0.2) is 5.78 Å². The van der Waals surface area contributed by atoms with Crippen LogP contribution in [0.2, 0.25) is 0 Å². The number of ether oxygens (including phenoxy) is 1. The molecule has 0 aromatic carbocycles. The number of esters is 1. The van der Waals surface area contributed by atoms with E-state index in [1.54, 1.807) is 17.9 Å². The second kappa shape index (κ2) is 10.1. The zero-order valence-electron chi connectivity index (χ0n) is 13.3. The van der Waals surface area contributed by atoms with Crippen molar-refractivity contribution in [2.24, 2.45) is 5.92 Å². The van der Waals surface area contributed by atoms with Crippen molar-refractivity contribution in [3.63, 3.8) is 0 Å². The van der Waals surface area contributed by atoms with Crippen LogP contribution in [0.25, 0.3) is 0 Å². The fourth-order valence-corrected chi connectivity index (χ4v) is 1.92. The Morgan fingerprint density at radius 2 is 1.90 bits per heavy atom. The van der Waals surface area contributed by atoms with E-state index in [4.69, 9.17) is 4.74 Å². The normalized spacial score (nSPS) is 12.1. The van der Waals surface area contributed by atoms with Crippen LogP contribution >= 0.6 is 0 Å². The Hall–Kier alpha value is -1.69. The molecule has 0 saturated heterocycles. The van der Waals surface area contributed by atoms with Crippen LogP contribution in [0.3, 0.4) is 0 Å². The monoisotopic (exact) mass is 298 g/mol. The van der Waals surface area contributed by atoms with E-state index in [1.807, 2.05) is 13.8 Å². The van der Waals surface area contributed by atoms with Crippen molar-refractivity contribution in [3.8, 4) is 0 Å². The predicted octanol–water partition coefficient (Wildman–Crippen LogP) is 0.767. The molecule has 0 fully saturated rings. The number of rotatable bonds is 10. The van der Waals surface area contributed by atoms with Gasteiger partial charge in [-0.1, -0.05) is 19.9 Å². The van der Waals surface area contributed by atoms with Crippen molar-refractivity contribution < 1.29 is 19.1 Å². The Bertz CT molecular complexity index is 380. The number of nitrogens with zero attached hydrogens (tertiary/aromatic N) is 1. The van der Waals surface area contributed by atoms with E-state index in [2.05, 4.69) is 11.9 Å². The molecule has 0 spiro atoms. The van der Waals surface area contributed by atoms with Gasteiger partial charge in [-0.2, -0.15) is 0 Å². The zero-order valence-corrected chi connectivity index (χ0v) is 13.3. The maximum Gasteiger partial charge on any atom is 0.320 e. The van der Waals surface area contributed by atoms with E-state index in [-0.39, 0.29) is 36.7 Å². The number of nitrogens with one attached hydrogen (secondary N) is 1. The van der Waals surface area contributed by atoms with Gasteiger partial charge in [-0.25, -0.2) is 0 Å². The third-order valence-electron chi connectivity index (χ3n) is 2.83. The molecule has 0 heterocycles. The molecule has 6 nitrogen and oxygen atoms in total. The van der Waals surface area contributed by atoms with E-state index in [0.29, 0.717) is 13.2 Å². The smallest absolute Gasteiger partial charge is 0.320 e. The Kier molecular flexibility index (Phi) is 9.28. The lowest BCUT2D eigenvalue weighted by molar-refractivity contribution is -0.144. The summed E-state index contributed by atoms with van der Waals surface area (Å²) < 4.78 is 4.86. The number of carbonyl (C=O) groups is 3. The first kappa shape index (κ1) is 19.3. The number of carbonyl (C=O) groups excluding carboxylic acids is 3. The van der Waals surface area contributed by atoms with Crippen LogP contribution in [0.4, 0.5) is 0 Å². The van der Waals surface area contributed by atoms with Gasteiger partial charge in [0.25, 0.3) is 0 Å². The molecule has 6 heteroatoms. The fourth-order valence-electron chi connectivity index (χ4n) is 1.92. The highest BCUT2D eigenvalue weighted by Gasteiger charge is 2.22. The molecule has 0 aromatic rings. The van der Waals surface area contributed by atoms with Crippen LogP contribution in [-0.2, 0) is 19.1 Å². The molecule has 1 N–H and O–H groups in total. The first-order chi connectivity index (χ1) is 9.81. The highest BCUT2D eigenvalue weighted by Crippen LogP contribution is 2.03. The number of hydrogen-bond donors (Lipinski definition) is 1. The lowest BCUT2D eigenvalue weighted by atomic mass is 10.0. The summed E-state index contributed by atoms with van der Waals surface area (Å²) in [5.74, 6) is -0.752. The average Bonchev–Trinajstić information content (AvgIpc) is 2.35. The summed E-state index contributed by atoms with van der Waals surface area (Å²) in [6.07, 6.45) is 1.61. The highest BCUT2D eigenvalue weighted by molar-refractivity contribution is 5.88. The van der Waals surface area contributed by atoms with Crippen LogP contribution in [-0.4, -0.2) is 54.8 Å². The summed E-state index contributed by atoms with van der Waals surface area (Å²) in [7, 11) is 0. The molecule has 0 radical (unpaired) electrons. The minimum Gasteiger partial charge on any atom is -0.465 e. The van der Waals surface area contributed by atoms with E-state index in [9.17, 15) is 14.4 Å². The first-order valence-corrected chi connectivity index (χ1v) is 7.10. The van der Waals surface area contributed by atoms with Crippen molar-refractivity contribution in [2.75, 3.05) is 26.2 Å². The summed E-state index contributed by atoms with van der Waals surface area (Å²) in [6, 6.07) is -0.509.